The minimum Gasteiger partial charge on any atom is -0.436 e. The summed E-state index contributed by atoms with van der Waals surface area (Å²) in [6.07, 6.45) is 10.1. The quantitative estimate of drug-likeness (QED) is 0.282. The van der Waals surface area contributed by atoms with E-state index in [9.17, 15) is 14.4 Å². The number of terminal acetylenes is 1. The number of nitrogen functional groups attached to an aromatic ring is 1. The van der Waals surface area contributed by atoms with E-state index in [1.165, 1.54) is 30.4 Å². The first-order chi connectivity index (χ1) is 24.2. The van der Waals surface area contributed by atoms with E-state index < -0.39 is 12.2 Å². The van der Waals surface area contributed by atoms with Crippen LogP contribution in [-0.4, -0.2) is 117 Å². The highest BCUT2D eigenvalue weighted by Crippen LogP contribution is 2.36. The summed E-state index contributed by atoms with van der Waals surface area (Å²) >= 11 is 6.40. The van der Waals surface area contributed by atoms with Gasteiger partial charge in [-0.15, -0.1) is 11.5 Å². The van der Waals surface area contributed by atoms with Gasteiger partial charge in [0, 0.05) is 74.9 Å². The Kier molecular flexibility index (Phi) is 9.91. The van der Waals surface area contributed by atoms with Gasteiger partial charge < -0.3 is 25.2 Å². The number of benzene rings is 2. The first-order valence-electron chi connectivity index (χ1n) is 17.7. The second-order valence-corrected chi connectivity index (χ2v) is 14.5. The molecule has 7 rings (SSSR count). The van der Waals surface area contributed by atoms with Crippen LogP contribution in [0.15, 0.2) is 47.3 Å². The van der Waals surface area contributed by atoms with E-state index >= 15 is 0 Å². The molecule has 13 heteroatoms. The first kappa shape index (κ1) is 34.2. The molecule has 4 fully saturated rings. The lowest BCUT2D eigenvalue weighted by atomic mass is 9.96. The highest BCUT2D eigenvalue weighted by molar-refractivity contribution is 6.33. The van der Waals surface area contributed by atoms with Crippen molar-refractivity contribution in [2.75, 3.05) is 52.0 Å². The Labute approximate surface area is 297 Å². The number of ether oxygens (including phenoxy) is 1. The van der Waals surface area contributed by atoms with Crippen molar-refractivity contribution >= 4 is 29.3 Å². The van der Waals surface area contributed by atoms with Gasteiger partial charge in [-0.1, -0.05) is 47.9 Å². The highest BCUT2D eigenvalue weighted by Gasteiger charge is 2.42. The fraction of sp³-hybridized carbons (Fsp3) is 0.514. The maximum Gasteiger partial charge on any atom is 0.410 e. The summed E-state index contributed by atoms with van der Waals surface area (Å²) in [5.74, 6) is 2.83. The molecule has 2 unspecified atom stereocenters. The standard InChI is InChI=1S/C37H45ClN8O4/c1-3-25-19-24(20-31(38)33(25)39)21-32(35(47)44-17-15-43(16-18-44)30-22-28-9-10-29(23-30)42(28)2)50-37(49)45-13-11-27(12-14-45)46-36(48)40-34(41-46)26-7-5-4-6-8-26/h1,4-8,19-20,27-30,32H,9-18,21-23,39H2,2H3,(H,40,41,48)/t28?,29?,30?,32-/m1/s1. The second kappa shape index (κ2) is 14.5. The number of amides is 2. The summed E-state index contributed by atoms with van der Waals surface area (Å²) in [6, 6.07) is 14.5. The number of H-pyrrole nitrogens is 1. The van der Waals surface area contributed by atoms with Crippen LogP contribution in [-0.2, 0) is 16.0 Å². The van der Waals surface area contributed by atoms with Crippen LogP contribution < -0.4 is 11.4 Å². The third-order valence-electron chi connectivity index (χ3n) is 11.3. The summed E-state index contributed by atoms with van der Waals surface area (Å²) in [7, 11) is 2.25. The van der Waals surface area contributed by atoms with E-state index in [4.69, 9.17) is 28.5 Å². The molecular weight excluding hydrogens is 656 g/mol. The smallest absolute Gasteiger partial charge is 0.410 e. The van der Waals surface area contributed by atoms with Gasteiger partial charge in [-0.2, -0.15) is 0 Å². The average Bonchev–Trinajstić information content (AvgIpc) is 3.60. The minimum atomic E-state index is -1.07. The van der Waals surface area contributed by atoms with Gasteiger partial charge >= 0.3 is 11.8 Å². The van der Waals surface area contributed by atoms with Crippen LogP contribution in [0.5, 0.6) is 0 Å². The zero-order valence-corrected chi connectivity index (χ0v) is 29.2. The molecule has 0 aliphatic carbocycles. The lowest BCUT2D eigenvalue weighted by molar-refractivity contribution is -0.143. The first-order valence-corrected chi connectivity index (χ1v) is 18.1. The van der Waals surface area contributed by atoms with Crippen molar-refractivity contribution in [1.82, 2.24) is 34.4 Å². The van der Waals surface area contributed by atoms with Crippen LogP contribution >= 0.6 is 11.6 Å². The van der Waals surface area contributed by atoms with E-state index in [1.54, 1.807) is 17.0 Å². The van der Waals surface area contributed by atoms with Crippen LogP contribution in [0.1, 0.15) is 55.7 Å². The van der Waals surface area contributed by atoms with E-state index in [0.29, 0.717) is 84.8 Å². The number of aromatic amines is 1. The van der Waals surface area contributed by atoms with Crippen molar-refractivity contribution in [3.63, 3.8) is 0 Å². The number of hydrogen-bond donors (Lipinski definition) is 2. The second-order valence-electron chi connectivity index (χ2n) is 14.1. The van der Waals surface area contributed by atoms with Crippen molar-refractivity contribution in [2.45, 2.75) is 75.2 Å². The maximum absolute atomic E-state index is 14.1. The summed E-state index contributed by atoms with van der Waals surface area (Å²) in [5, 5.41) is 4.84. The van der Waals surface area contributed by atoms with Gasteiger partial charge in [0.05, 0.1) is 16.8 Å². The summed E-state index contributed by atoms with van der Waals surface area (Å²) in [4.78, 5) is 51.9. The zero-order valence-electron chi connectivity index (χ0n) is 28.5. The molecule has 264 valence electrons. The fourth-order valence-electron chi connectivity index (χ4n) is 8.30. The van der Waals surface area contributed by atoms with Crippen LogP contribution in [0.3, 0.4) is 0 Å². The number of nitrogens with two attached hydrogens (primary N) is 1. The van der Waals surface area contributed by atoms with Gasteiger partial charge in [-0.05, 0) is 63.3 Å². The molecule has 4 aliphatic rings. The van der Waals surface area contributed by atoms with Crippen molar-refractivity contribution in [1.29, 1.82) is 0 Å². The van der Waals surface area contributed by atoms with Crippen LogP contribution in [0, 0.1) is 12.3 Å². The molecule has 2 aromatic carbocycles. The number of piperazine rings is 1. The normalized spacial score (nSPS) is 23.8. The van der Waals surface area contributed by atoms with Crippen LogP contribution in [0.2, 0.25) is 5.02 Å². The van der Waals surface area contributed by atoms with Gasteiger partial charge in [-0.25, -0.2) is 14.3 Å². The van der Waals surface area contributed by atoms with Crippen LogP contribution in [0.25, 0.3) is 11.4 Å². The molecule has 3 aromatic rings. The minimum absolute atomic E-state index is 0.110. The number of aromatic nitrogens is 3. The Balaban J connectivity index is 1.01. The number of carbonyl (C=O) groups excluding carboxylic acids is 2. The van der Waals surface area contributed by atoms with Gasteiger partial charge in [-0.3, -0.25) is 14.7 Å². The largest absolute Gasteiger partial charge is 0.436 e. The summed E-state index contributed by atoms with van der Waals surface area (Å²) in [5.41, 5.74) is 8.00. The molecule has 0 saturated carbocycles. The van der Waals surface area contributed by atoms with E-state index in [-0.39, 0.29) is 24.1 Å². The number of nitrogens with zero attached hydrogens (tertiary/aromatic N) is 6. The van der Waals surface area contributed by atoms with Crippen molar-refractivity contribution in [3.05, 3.63) is 69.1 Å². The maximum atomic E-state index is 14.1. The molecule has 4 saturated heterocycles. The molecule has 12 nitrogen and oxygen atoms in total. The SMILES string of the molecule is C#Cc1cc(C[C@@H](OC(=O)N2CCC(n3nc(-c4ccccc4)[nH]c3=O)CC2)C(=O)N2CCN(C3CC4CCC(C3)N4C)CC2)cc(Cl)c1N. The zero-order chi connectivity index (χ0) is 34.9. The molecule has 4 aliphatic heterocycles. The van der Waals surface area contributed by atoms with Gasteiger partial charge in [0.15, 0.2) is 11.9 Å². The molecule has 50 heavy (non-hydrogen) atoms. The van der Waals surface area contributed by atoms with Crippen molar-refractivity contribution in [2.24, 2.45) is 0 Å². The molecule has 2 bridgehead atoms. The third-order valence-corrected chi connectivity index (χ3v) is 11.6. The lowest BCUT2D eigenvalue weighted by Crippen LogP contribution is -2.57. The highest BCUT2D eigenvalue weighted by atomic mass is 35.5. The van der Waals surface area contributed by atoms with E-state index in [2.05, 4.69) is 32.9 Å². The van der Waals surface area contributed by atoms with Gasteiger partial charge in [0.25, 0.3) is 5.91 Å². The Morgan fingerprint density at radius 3 is 2.32 bits per heavy atom. The van der Waals surface area contributed by atoms with Gasteiger partial charge in [0.2, 0.25) is 0 Å². The number of rotatable bonds is 7. The number of likely N-dealkylation sites (tertiary alicyclic amines) is 1. The fourth-order valence-corrected chi connectivity index (χ4v) is 8.54. The molecule has 1 aromatic heterocycles. The predicted molar refractivity (Wildman–Crippen MR) is 192 cm³/mol. The number of halogens is 1. The number of carbonyl (C=O) groups is 2. The van der Waals surface area contributed by atoms with Crippen molar-refractivity contribution < 1.29 is 14.3 Å². The number of fused-ring (bicyclic) bond motifs is 2. The summed E-state index contributed by atoms with van der Waals surface area (Å²) in [6.45, 7) is 3.44. The Hall–Kier alpha value is -4.31. The summed E-state index contributed by atoms with van der Waals surface area (Å²) < 4.78 is 7.50. The third kappa shape index (κ3) is 6.99. The van der Waals surface area contributed by atoms with E-state index in [0.717, 1.165) is 18.7 Å². The van der Waals surface area contributed by atoms with Crippen molar-refractivity contribution in [3.8, 4) is 23.7 Å². The molecule has 2 amide bonds. The molecule has 5 heterocycles. The van der Waals surface area contributed by atoms with E-state index in [1.807, 2.05) is 35.2 Å². The molecule has 0 radical (unpaired) electrons. The Morgan fingerprint density at radius 1 is 0.980 bits per heavy atom. The Morgan fingerprint density at radius 2 is 1.66 bits per heavy atom. The molecular formula is C37H45ClN8O4. The van der Waals surface area contributed by atoms with Crippen LogP contribution in [0.4, 0.5) is 10.5 Å². The molecule has 3 atom stereocenters. The monoisotopic (exact) mass is 700 g/mol. The molecule has 0 spiro atoms. The Bertz CT molecular complexity index is 1790. The topological polar surface area (TPSA) is 133 Å². The number of anilines is 1. The molecule has 3 N–H and O–H groups in total. The number of nitrogens with one attached hydrogen (secondary N) is 1. The average molecular weight is 701 g/mol. The van der Waals surface area contributed by atoms with Gasteiger partial charge in [0.1, 0.15) is 0 Å². The number of piperidine rings is 2. The lowest BCUT2D eigenvalue weighted by Gasteiger charge is -2.45. The number of hydrogen-bond acceptors (Lipinski definition) is 8. The predicted octanol–water partition coefficient (Wildman–Crippen LogP) is 3.61.